The van der Waals surface area contributed by atoms with Crippen LogP contribution in [-0.2, 0) is 6.54 Å². The Morgan fingerprint density at radius 1 is 1.44 bits per heavy atom. The lowest BCUT2D eigenvalue weighted by molar-refractivity contribution is 0.0782. The van der Waals surface area contributed by atoms with Crippen LogP contribution >= 0.6 is 11.3 Å². The van der Waals surface area contributed by atoms with Crippen LogP contribution in [0.15, 0.2) is 22.4 Å². The molecule has 0 aromatic carbocycles. The molecule has 25 heavy (non-hydrogen) atoms. The van der Waals surface area contributed by atoms with Crippen molar-refractivity contribution in [2.24, 2.45) is 5.92 Å². The lowest BCUT2D eigenvalue weighted by atomic mass is 10.1. The van der Waals surface area contributed by atoms with Gasteiger partial charge in [0.25, 0.3) is 11.5 Å². The average molecular weight is 360 g/mol. The maximum Gasteiger partial charge on any atom is 0.260 e. The molecule has 0 radical (unpaired) electrons. The standard InChI is InChI=1S/C18H24N4O2S/c1-12-4-5-15(17(23)20-12)18(24)22-7-6-14(9-22)8-21(3)10-16-13(2)19-11-25-16/h4-5,11,14H,6-10H2,1-3H3,(H,20,23)/t14-/m1/s1. The van der Waals surface area contributed by atoms with Gasteiger partial charge in [0.1, 0.15) is 5.56 Å². The third-order valence-corrected chi connectivity index (χ3v) is 5.61. The first kappa shape index (κ1) is 17.8. The minimum Gasteiger partial charge on any atom is -0.338 e. The Kier molecular flexibility index (Phi) is 5.34. The van der Waals surface area contributed by atoms with Crippen molar-refractivity contribution in [1.82, 2.24) is 19.8 Å². The van der Waals surface area contributed by atoms with Crippen molar-refractivity contribution in [3.8, 4) is 0 Å². The van der Waals surface area contributed by atoms with Gasteiger partial charge >= 0.3 is 0 Å². The Labute approximate surface area is 151 Å². The maximum absolute atomic E-state index is 12.6. The first-order valence-electron chi connectivity index (χ1n) is 8.50. The van der Waals surface area contributed by atoms with Crippen LogP contribution < -0.4 is 5.56 Å². The van der Waals surface area contributed by atoms with Crippen molar-refractivity contribution in [3.05, 3.63) is 49.8 Å². The summed E-state index contributed by atoms with van der Waals surface area (Å²) >= 11 is 1.69. The van der Waals surface area contributed by atoms with Gasteiger partial charge in [-0.05, 0) is 45.4 Å². The van der Waals surface area contributed by atoms with Gasteiger partial charge in [0.15, 0.2) is 0 Å². The zero-order valence-corrected chi connectivity index (χ0v) is 15.7. The van der Waals surface area contributed by atoms with Gasteiger partial charge in [-0.1, -0.05) is 0 Å². The van der Waals surface area contributed by atoms with Gasteiger partial charge in [0.05, 0.1) is 11.2 Å². The van der Waals surface area contributed by atoms with E-state index in [-0.39, 0.29) is 17.0 Å². The lowest BCUT2D eigenvalue weighted by Gasteiger charge is -2.21. The second kappa shape index (κ2) is 7.49. The number of H-pyrrole nitrogens is 1. The van der Waals surface area contributed by atoms with Crippen molar-refractivity contribution in [1.29, 1.82) is 0 Å². The molecule has 2 aromatic rings. The molecule has 3 rings (SSSR count). The summed E-state index contributed by atoms with van der Waals surface area (Å²) in [4.78, 5) is 37.0. The molecule has 1 saturated heterocycles. The van der Waals surface area contributed by atoms with Crippen LogP contribution in [0, 0.1) is 19.8 Å². The molecule has 1 amide bonds. The molecule has 2 aromatic heterocycles. The van der Waals surface area contributed by atoms with Crippen molar-refractivity contribution in [2.45, 2.75) is 26.8 Å². The summed E-state index contributed by atoms with van der Waals surface area (Å²) in [6, 6.07) is 3.40. The summed E-state index contributed by atoms with van der Waals surface area (Å²) in [7, 11) is 2.11. The summed E-state index contributed by atoms with van der Waals surface area (Å²) in [6.45, 7) is 7.09. The second-order valence-electron chi connectivity index (χ2n) is 6.85. The minimum absolute atomic E-state index is 0.162. The molecule has 3 heterocycles. The number of thiazole rings is 1. The highest BCUT2D eigenvalue weighted by molar-refractivity contribution is 7.09. The molecule has 1 atom stereocenters. The topological polar surface area (TPSA) is 69.3 Å². The van der Waals surface area contributed by atoms with Crippen molar-refractivity contribution in [2.75, 3.05) is 26.7 Å². The van der Waals surface area contributed by atoms with Crippen LogP contribution in [0.1, 0.15) is 33.0 Å². The predicted octanol–water partition coefficient (Wildman–Crippen LogP) is 2.04. The lowest BCUT2D eigenvalue weighted by Crippen LogP contribution is -2.34. The van der Waals surface area contributed by atoms with Crippen LogP contribution in [0.5, 0.6) is 0 Å². The van der Waals surface area contributed by atoms with Gasteiger partial charge < -0.3 is 14.8 Å². The fraction of sp³-hybridized carbons (Fsp3) is 0.500. The first-order valence-corrected chi connectivity index (χ1v) is 9.38. The summed E-state index contributed by atoms with van der Waals surface area (Å²) < 4.78 is 0. The number of nitrogens with one attached hydrogen (secondary N) is 1. The second-order valence-corrected chi connectivity index (χ2v) is 7.79. The Morgan fingerprint density at radius 3 is 2.92 bits per heavy atom. The van der Waals surface area contributed by atoms with Crippen LogP contribution in [-0.4, -0.2) is 52.4 Å². The molecular formula is C18H24N4O2S. The maximum atomic E-state index is 12.6. The number of rotatable bonds is 5. The number of amides is 1. The van der Waals surface area contributed by atoms with E-state index < -0.39 is 0 Å². The van der Waals surface area contributed by atoms with Crippen LogP contribution in [0.25, 0.3) is 0 Å². The molecule has 0 saturated carbocycles. The average Bonchev–Trinajstić information content (AvgIpc) is 3.16. The number of carbonyl (C=O) groups is 1. The first-order chi connectivity index (χ1) is 11.9. The molecule has 1 aliphatic heterocycles. The number of pyridine rings is 1. The molecule has 0 spiro atoms. The Hall–Kier alpha value is -1.99. The summed E-state index contributed by atoms with van der Waals surface area (Å²) in [5.74, 6) is 0.274. The van der Waals surface area contributed by atoms with E-state index in [0.29, 0.717) is 19.0 Å². The van der Waals surface area contributed by atoms with Gasteiger partial charge in [0.2, 0.25) is 0 Å². The van der Waals surface area contributed by atoms with Crippen LogP contribution in [0.2, 0.25) is 0 Å². The highest BCUT2D eigenvalue weighted by atomic mass is 32.1. The fourth-order valence-corrected chi connectivity index (χ4v) is 4.16. The van der Waals surface area contributed by atoms with E-state index in [1.807, 2.05) is 19.4 Å². The molecule has 0 bridgehead atoms. The van der Waals surface area contributed by atoms with E-state index in [4.69, 9.17) is 0 Å². The van der Waals surface area contributed by atoms with Gasteiger partial charge in [-0.15, -0.1) is 11.3 Å². The monoisotopic (exact) mass is 360 g/mol. The number of likely N-dealkylation sites (tertiary alicyclic amines) is 1. The number of aromatic amines is 1. The Balaban J connectivity index is 1.57. The molecule has 6 nitrogen and oxygen atoms in total. The normalized spacial score (nSPS) is 17.4. The van der Waals surface area contributed by atoms with E-state index in [9.17, 15) is 9.59 Å². The molecular weight excluding hydrogens is 336 g/mol. The van der Waals surface area contributed by atoms with Gasteiger partial charge in [-0.2, -0.15) is 0 Å². The third-order valence-electron chi connectivity index (χ3n) is 4.69. The molecule has 1 fully saturated rings. The predicted molar refractivity (Wildman–Crippen MR) is 99.0 cm³/mol. The zero-order valence-electron chi connectivity index (χ0n) is 14.9. The van der Waals surface area contributed by atoms with E-state index in [1.165, 1.54) is 4.88 Å². The number of hydrogen-bond donors (Lipinski definition) is 1. The van der Waals surface area contributed by atoms with Gasteiger partial charge in [-0.25, -0.2) is 4.98 Å². The Bertz CT molecular complexity index is 813. The molecule has 0 unspecified atom stereocenters. The number of carbonyl (C=O) groups excluding carboxylic acids is 1. The summed E-state index contributed by atoms with van der Waals surface area (Å²) in [6.07, 6.45) is 0.974. The van der Waals surface area contributed by atoms with Gasteiger partial charge in [-0.3, -0.25) is 9.59 Å². The third kappa shape index (κ3) is 4.16. The molecule has 1 N–H and O–H groups in total. The molecule has 134 valence electrons. The Morgan fingerprint density at radius 2 is 2.24 bits per heavy atom. The highest BCUT2D eigenvalue weighted by Crippen LogP contribution is 2.21. The fourth-order valence-electron chi connectivity index (χ4n) is 3.31. The smallest absolute Gasteiger partial charge is 0.260 e. The largest absolute Gasteiger partial charge is 0.338 e. The SMILES string of the molecule is Cc1ccc(C(=O)N2CC[C@H](CN(C)Cc3scnc3C)C2)c(=O)[nH]1. The van der Waals surface area contributed by atoms with E-state index in [2.05, 4.69) is 21.9 Å². The summed E-state index contributed by atoms with van der Waals surface area (Å²) in [5.41, 5.74) is 3.68. The number of aromatic nitrogens is 2. The van der Waals surface area contributed by atoms with Crippen molar-refractivity contribution < 1.29 is 4.79 Å². The zero-order chi connectivity index (χ0) is 18.0. The number of hydrogen-bond acceptors (Lipinski definition) is 5. The highest BCUT2D eigenvalue weighted by Gasteiger charge is 2.29. The van der Waals surface area contributed by atoms with Gasteiger partial charge in [0, 0.05) is 36.8 Å². The molecule has 0 aliphatic carbocycles. The van der Waals surface area contributed by atoms with Crippen molar-refractivity contribution in [3.63, 3.8) is 0 Å². The number of aryl methyl sites for hydroxylation is 2. The van der Waals surface area contributed by atoms with E-state index >= 15 is 0 Å². The number of nitrogens with zero attached hydrogens (tertiary/aromatic N) is 3. The van der Waals surface area contributed by atoms with E-state index in [0.717, 1.165) is 30.9 Å². The molecule has 7 heteroatoms. The van der Waals surface area contributed by atoms with Crippen LogP contribution in [0.3, 0.4) is 0 Å². The summed E-state index contributed by atoms with van der Waals surface area (Å²) in [5, 5.41) is 0. The van der Waals surface area contributed by atoms with Crippen LogP contribution in [0.4, 0.5) is 0 Å². The van der Waals surface area contributed by atoms with E-state index in [1.54, 1.807) is 28.4 Å². The quantitative estimate of drug-likeness (QED) is 0.886. The van der Waals surface area contributed by atoms with Crippen molar-refractivity contribution >= 4 is 17.2 Å². The molecule has 1 aliphatic rings. The minimum atomic E-state index is -0.300.